The summed E-state index contributed by atoms with van der Waals surface area (Å²) in [5, 5.41) is 8.43. The fourth-order valence-electron chi connectivity index (χ4n) is 5.51. The molecule has 6 rings (SSSR count). The van der Waals surface area contributed by atoms with Crippen LogP contribution in [-0.4, -0.2) is 42.1 Å². The molecule has 196 valence electrons. The van der Waals surface area contributed by atoms with Gasteiger partial charge in [-0.2, -0.15) is 0 Å². The highest BCUT2D eigenvalue weighted by Gasteiger charge is 2.39. The summed E-state index contributed by atoms with van der Waals surface area (Å²) in [6, 6.07) is 17.8. The van der Waals surface area contributed by atoms with Crippen molar-refractivity contribution < 1.29 is 9.53 Å². The number of hydrogen-bond donors (Lipinski definition) is 2. The van der Waals surface area contributed by atoms with Crippen molar-refractivity contribution in [3.8, 4) is 10.4 Å². The van der Waals surface area contributed by atoms with E-state index in [1.54, 1.807) is 22.7 Å². The molecular weight excluding hydrogens is 512 g/mol. The number of nitrogen functional groups attached to an aromatic ring is 1. The number of ether oxygens (including phenoxy) is 1. The lowest BCUT2D eigenvalue weighted by atomic mass is 9.74. The minimum Gasteiger partial charge on any atom is -0.397 e. The minimum atomic E-state index is -0.180. The average molecular weight is 545 g/mol. The molecule has 0 radical (unpaired) electrons. The quantitative estimate of drug-likeness (QED) is 0.263. The van der Waals surface area contributed by atoms with Gasteiger partial charge in [-0.25, -0.2) is 4.98 Å². The molecule has 2 saturated heterocycles. The third-order valence-electron chi connectivity index (χ3n) is 7.70. The van der Waals surface area contributed by atoms with Gasteiger partial charge in [-0.15, -0.1) is 22.7 Å². The number of nitrogens with two attached hydrogens (primary N) is 1. The summed E-state index contributed by atoms with van der Waals surface area (Å²) in [6.45, 7) is 4.68. The Morgan fingerprint density at radius 1 is 1.05 bits per heavy atom. The first-order valence-corrected chi connectivity index (χ1v) is 15.0. The first-order chi connectivity index (χ1) is 18.6. The van der Waals surface area contributed by atoms with Gasteiger partial charge >= 0.3 is 0 Å². The number of anilines is 2. The van der Waals surface area contributed by atoms with Crippen molar-refractivity contribution in [2.45, 2.75) is 37.6 Å². The van der Waals surface area contributed by atoms with Crippen LogP contribution >= 0.6 is 22.7 Å². The van der Waals surface area contributed by atoms with Crippen molar-refractivity contribution in [2.24, 2.45) is 0 Å². The lowest BCUT2D eigenvalue weighted by Crippen LogP contribution is -2.35. The second kappa shape index (κ2) is 11.0. The Labute approximate surface area is 231 Å². The average Bonchev–Trinajstić information content (AvgIpc) is 3.75. The number of nitrogens with zero attached hydrogens (tertiary/aromatic N) is 2. The Morgan fingerprint density at radius 3 is 2.58 bits per heavy atom. The summed E-state index contributed by atoms with van der Waals surface area (Å²) >= 11 is 3.42. The molecule has 8 heteroatoms. The highest BCUT2D eigenvalue weighted by Crippen LogP contribution is 2.43. The maximum Gasteiger partial charge on any atom is 0.255 e. The van der Waals surface area contributed by atoms with E-state index in [4.69, 9.17) is 15.5 Å². The van der Waals surface area contributed by atoms with Gasteiger partial charge in [-0.3, -0.25) is 9.69 Å². The van der Waals surface area contributed by atoms with Gasteiger partial charge in [0.05, 0.1) is 22.5 Å². The smallest absolute Gasteiger partial charge is 0.255 e. The second-order valence-electron chi connectivity index (χ2n) is 10.1. The lowest BCUT2D eigenvalue weighted by molar-refractivity contribution is 0.0629. The molecule has 0 spiro atoms. The van der Waals surface area contributed by atoms with Gasteiger partial charge in [0.15, 0.2) is 0 Å². The third kappa shape index (κ3) is 5.14. The highest BCUT2D eigenvalue weighted by molar-refractivity contribution is 7.13. The van der Waals surface area contributed by atoms with Crippen molar-refractivity contribution in [2.75, 3.05) is 37.4 Å². The van der Waals surface area contributed by atoms with Crippen LogP contribution in [0.3, 0.4) is 0 Å². The van der Waals surface area contributed by atoms with E-state index in [1.165, 1.54) is 31.5 Å². The third-order valence-corrected chi connectivity index (χ3v) is 9.71. The van der Waals surface area contributed by atoms with Gasteiger partial charge in [0.25, 0.3) is 5.91 Å². The molecule has 0 saturated carbocycles. The number of rotatable bonds is 7. The fraction of sp³-hybridized carbons (Fsp3) is 0.333. The first kappa shape index (κ1) is 25.2. The van der Waals surface area contributed by atoms with Crippen LogP contribution in [0.25, 0.3) is 10.4 Å². The monoisotopic (exact) mass is 544 g/mol. The molecule has 3 N–H and O–H groups in total. The van der Waals surface area contributed by atoms with E-state index in [2.05, 4.69) is 33.8 Å². The number of carbonyl (C=O) groups is 1. The molecule has 2 fully saturated rings. The van der Waals surface area contributed by atoms with Crippen LogP contribution in [0.4, 0.5) is 11.4 Å². The number of thiophene rings is 1. The van der Waals surface area contributed by atoms with E-state index < -0.39 is 0 Å². The lowest BCUT2D eigenvalue weighted by Gasteiger charge is -2.36. The number of benzene rings is 2. The summed E-state index contributed by atoms with van der Waals surface area (Å²) in [5.74, 6) is -0.172. The predicted molar refractivity (Wildman–Crippen MR) is 156 cm³/mol. The molecule has 0 aliphatic carbocycles. The van der Waals surface area contributed by atoms with Crippen LogP contribution in [0.15, 0.2) is 65.4 Å². The molecule has 2 aromatic carbocycles. The van der Waals surface area contributed by atoms with Gasteiger partial charge in [-0.05, 0) is 85.6 Å². The summed E-state index contributed by atoms with van der Waals surface area (Å²) in [4.78, 5) is 21.9. The Morgan fingerprint density at radius 2 is 1.84 bits per heavy atom. The fourth-order valence-corrected chi connectivity index (χ4v) is 7.33. The van der Waals surface area contributed by atoms with Gasteiger partial charge < -0.3 is 15.8 Å². The van der Waals surface area contributed by atoms with Crippen molar-refractivity contribution >= 4 is 40.0 Å². The van der Waals surface area contributed by atoms with E-state index in [-0.39, 0.29) is 11.3 Å². The molecule has 0 unspecified atom stereocenters. The molecule has 2 aliphatic heterocycles. The normalized spacial score (nSPS) is 17.5. The van der Waals surface area contributed by atoms with Crippen LogP contribution in [-0.2, 0) is 16.7 Å². The van der Waals surface area contributed by atoms with Gasteiger partial charge in [0.1, 0.15) is 5.01 Å². The molecule has 0 atom stereocenters. The largest absolute Gasteiger partial charge is 0.397 e. The van der Waals surface area contributed by atoms with Gasteiger partial charge in [0.2, 0.25) is 0 Å². The molecule has 2 aromatic heterocycles. The number of aromatic nitrogens is 1. The van der Waals surface area contributed by atoms with Gasteiger partial charge in [-0.1, -0.05) is 24.3 Å². The maximum atomic E-state index is 13.2. The van der Waals surface area contributed by atoms with Crippen LogP contribution in [0.5, 0.6) is 0 Å². The van der Waals surface area contributed by atoms with Crippen LogP contribution in [0, 0.1) is 0 Å². The molecule has 6 nitrogen and oxygen atoms in total. The van der Waals surface area contributed by atoms with E-state index in [9.17, 15) is 4.79 Å². The zero-order valence-electron chi connectivity index (χ0n) is 21.3. The Kier molecular flexibility index (Phi) is 7.30. The van der Waals surface area contributed by atoms with E-state index in [1.807, 2.05) is 41.8 Å². The molecular formula is C30H32N4O2S2. The Hall–Kier alpha value is -3.04. The SMILES string of the molecule is Nc1ccc(-c2cccs2)cc1NC(=O)c1ccc(C2(c3nc(CN4CCCC4)cs3)CCOCC2)cc1. The highest BCUT2D eigenvalue weighted by atomic mass is 32.1. The van der Waals surface area contributed by atoms with Crippen LogP contribution in [0.2, 0.25) is 0 Å². The molecule has 38 heavy (non-hydrogen) atoms. The molecule has 1 amide bonds. The van der Waals surface area contributed by atoms with E-state index in [0.717, 1.165) is 40.5 Å². The standard InChI is InChI=1S/C30H32N4O2S2/c31-25-10-7-22(27-4-3-17-37-27)18-26(25)33-28(35)21-5-8-23(9-6-21)30(11-15-36-16-12-30)29-32-24(20-38-29)19-34-13-1-2-14-34/h3-10,17-18,20H,1-2,11-16,19,31H2,(H,33,35). The number of amides is 1. The maximum absolute atomic E-state index is 13.2. The number of thiazole rings is 1. The van der Waals surface area contributed by atoms with Crippen molar-refractivity contribution in [1.82, 2.24) is 9.88 Å². The topological polar surface area (TPSA) is 80.5 Å². The van der Waals surface area contributed by atoms with E-state index in [0.29, 0.717) is 30.2 Å². The van der Waals surface area contributed by atoms with Crippen LogP contribution < -0.4 is 11.1 Å². The number of hydrogen-bond acceptors (Lipinski definition) is 7. The van der Waals surface area contributed by atoms with Crippen molar-refractivity contribution in [3.05, 3.63) is 87.2 Å². The van der Waals surface area contributed by atoms with Gasteiger partial charge in [0, 0.05) is 35.6 Å². The zero-order chi connectivity index (χ0) is 26.0. The van der Waals surface area contributed by atoms with Crippen molar-refractivity contribution in [3.63, 3.8) is 0 Å². The summed E-state index contributed by atoms with van der Waals surface area (Å²) in [5.41, 5.74) is 11.2. The van der Waals surface area contributed by atoms with Crippen molar-refractivity contribution in [1.29, 1.82) is 0 Å². The predicted octanol–water partition coefficient (Wildman–Crippen LogP) is 6.40. The number of likely N-dealkylation sites (tertiary alicyclic amines) is 1. The van der Waals surface area contributed by atoms with E-state index >= 15 is 0 Å². The number of carbonyl (C=O) groups excluding carboxylic acids is 1. The second-order valence-corrected chi connectivity index (χ2v) is 11.9. The molecule has 4 aromatic rings. The first-order valence-electron chi connectivity index (χ1n) is 13.2. The van der Waals surface area contributed by atoms with Crippen LogP contribution in [0.1, 0.15) is 52.3 Å². The Balaban J connectivity index is 1.22. The Bertz CT molecular complexity index is 1390. The molecule has 4 heterocycles. The zero-order valence-corrected chi connectivity index (χ0v) is 23.0. The number of nitrogens with one attached hydrogen (secondary N) is 1. The molecule has 2 aliphatic rings. The minimum absolute atomic E-state index is 0.172. The summed E-state index contributed by atoms with van der Waals surface area (Å²) < 4.78 is 5.75. The summed E-state index contributed by atoms with van der Waals surface area (Å²) in [6.07, 6.45) is 4.35. The molecule has 0 bridgehead atoms. The summed E-state index contributed by atoms with van der Waals surface area (Å²) in [7, 11) is 0.